The normalized spacial score (nSPS) is 10.4. The van der Waals surface area contributed by atoms with Gasteiger partial charge in [-0.25, -0.2) is 0 Å². The molecule has 0 aliphatic heterocycles. The van der Waals surface area contributed by atoms with Gasteiger partial charge >= 0.3 is 5.69 Å². The molecule has 1 aromatic heterocycles. The molecule has 0 spiro atoms. The number of benzene rings is 1. The van der Waals surface area contributed by atoms with Gasteiger partial charge in [-0.3, -0.25) is 15.1 Å². The van der Waals surface area contributed by atoms with Gasteiger partial charge in [0.1, 0.15) is 6.61 Å². The zero-order valence-electron chi connectivity index (χ0n) is 10.3. The molecule has 19 heavy (non-hydrogen) atoms. The van der Waals surface area contributed by atoms with Crippen LogP contribution < -0.4 is 10.1 Å². The standard InChI is InChI=1S/C12H13N3O3S/c1-13-5-9-2-3-12(11(4-9)15(16)17)18-7-10-6-14-8-19-10/h2-4,6,8,13H,5,7H2,1H3. The molecule has 6 nitrogen and oxygen atoms in total. The number of nitro benzene ring substituents is 1. The van der Waals surface area contributed by atoms with E-state index in [2.05, 4.69) is 10.3 Å². The second-order valence-electron chi connectivity index (χ2n) is 3.85. The Morgan fingerprint density at radius 1 is 1.53 bits per heavy atom. The van der Waals surface area contributed by atoms with E-state index in [1.807, 2.05) is 6.07 Å². The van der Waals surface area contributed by atoms with Gasteiger partial charge in [-0.1, -0.05) is 6.07 Å². The Morgan fingerprint density at radius 3 is 3.00 bits per heavy atom. The molecule has 0 fully saturated rings. The fourth-order valence-corrected chi connectivity index (χ4v) is 2.11. The highest BCUT2D eigenvalue weighted by Crippen LogP contribution is 2.29. The first kappa shape index (κ1) is 13.4. The van der Waals surface area contributed by atoms with E-state index >= 15 is 0 Å². The van der Waals surface area contributed by atoms with Gasteiger partial charge in [-0.2, -0.15) is 0 Å². The van der Waals surface area contributed by atoms with Crippen molar-refractivity contribution in [3.63, 3.8) is 0 Å². The molecule has 0 saturated heterocycles. The highest BCUT2D eigenvalue weighted by Gasteiger charge is 2.16. The third-order valence-corrected chi connectivity index (χ3v) is 3.21. The molecule has 0 aliphatic rings. The van der Waals surface area contributed by atoms with Crippen LogP contribution in [-0.4, -0.2) is 17.0 Å². The van der Waals surface area contributed by atoms with Crippen LogP contribution in [0.25, 0.3) is 0 Å². The van der Waals surface area contributed by atoms with E-state index in [0.717, 1.165) is 10.4 Å². The molecule has 100 valence electrons. The summed E-state index contributed by atoms with van der Waals surface area (Å²) in [5.74, 6) is 0.276. The van der Waals surface area contributed by atoms with Crippen LogP contribution in [0.5, 0.6) is 5.75 Å². The van der Waals surface area contributed by atoms with Crippen LogP contribution in [0.3, 0.4) is 0 Å². The van der Waals surface area contributed by atoms with E-state index in [9.17, 15) is 10.1 Å². The summed E-state index contributed by atoms with van der Waals surface area (Å²) in [5, 5.41) is 14.0. The van der Waals surface area contributed by atoms with Crippen LogP contribution >= 0.6 is 11.3 Å². The molecule has 0 bridgehead atoms. The largest absolute Gasteiger partial charge is 0.481 e. The number of hydrogen-bond acceptors (Lipinski definition) is 6. The second-order valence-corrected chi connectivity index (χ2v) is 4.82. The van der Waals surface area contributed by atoms with Gasteiger partial charge in [0.2, 0.25) is 0 Å². The van der Waals surface area contributed by atoms with E-state index in [-0.39, 0.29) is 18.0 Å². The molecule has 2 rings (SSSR count). The molecule has 0 atom stereocenters. The first-order chi connectivity index (χ1) is 9.20. The number of nitro groups is 1. The molecule has 0 unspecified atom stereocenters. The zero-order valence-corrected chi connectivity index (χ0v) is 11.1. The molecular weight excluding hydrogens is 266 g/mol. The van der Waals surface area contributed by atoms with Gasteiger partial charge in [0.25, 0.3) is 0 Å². The number of thiazole rings is 1. The summed E-state index contributed by atoms with van der Waals surface area (Å²) in [6, 6.07) is 4.97. The summed E-state index contributed by atoms with van der Waals surface area (Å²) in [4.78, 5) is 15.5. The van der Waals surface area contributed by atoms with Gasteiger partial charge in [-0.05, 0) is 18.7 Å². The predicted molar refractivity (Wildman–Crippen MR) is 72.3 cm³/mol. The highest BCUT2D eigenvalue weighted by molar-refractivity contribution is 7.09. The maximum absolute atomic E-state index is 11.0. The van der Waals surface area contributed by atoms with E-state index in [4.69, 9.17) is 4.74 Å². The first-order valence-electron chi connectivity index (χ1n) is 5.63. The van der Waals surface area contributed by atoms with Crippen LogP contribution in [0.4, 0.5) is 5.69 Å². The number of nitrogens with zero attached hydrogens (tertiary/aromatic N) is 2. The molecule has 0 saturated carbocycles. The monoisotopic (exact) mass is 279 g/mol. The lowest BCUT2D eigenvalue weighted by Crippen LogP contribution is -2.06. The fraction of sp³-hybridized carbons (Fsp3) is 0.250. The average Bonchev–Trinajstić information content (AvgIpc) is 2.90. The molecule has 1 heterocycles. The second kappa shape index (κ2) is 6.26. The van der Waals surface area contributed by atoms with Crippen molar-refractivity contribution in [3.05, 3.63) is 50.5 Å². The van der Waals surface area contributed by atoms with Crippen molar-refractivity contribution in [2.24, 2.45) is 0 Å². The van der Waals surface area contributed by atoms with E-state index in [1.165, 1.54) is 17.4 Å². The molecular formula is C12H13N3O3S. The molecule has 0 radical (unpaired) electrons. The number of hydrogen-bond donors (Lipinski definition) is 1. The lowest BCUT2D eigenvalue weighted by Gasteiger charge is -2.07. The zero-order chi connectivity index (χ0) is 13.7. The molecule has 7 heteroatoms. The molecule has 2 aromatic rings. The maximum atomic E-state index is 11.0. The molecule has 1 N–H and O–H groups in total. The Bertz CT molecular complexity index is 557. The lowest BCUT2D eigenvalue weighted by atomic mass is 10.2. The quantitative estimate of drug-likeness (QED) is 0.648. The summed E-state index contributed by atoms with van der Waals surface area (Å²) in [7, 11) is 1.79. The maximum Gasteiger partial charge on any atom is 0.311 e. The third-order valence-electron chi connectivity index (χ3n) is 2.45. The molecule has 0 amide bonds. The van der Waals surface area contributed by atoms with Crippen molar-refractivity contribution in [2.45, 2.75) is 13.2 Å². The fourth-order valence-electron chi connectivity index (χ4n) is 1.60. The highest BCUT2D eigenvalue weighted by atomic mass is 32.1. The van der Waals surface area contributed by atoms with Crippen molar-refractivity contribution in [1.82, 2.24) is 10.3 Å². The van der Waals surface area contributed by atoms with Crippen LogP contribution in [0.2, 0.25) is 0 Å². The van der Waals surface area contributed by atoms with Crippen molar-refractivity contribution < 1.29 is 9.66 Å². The predicted octanol–water partition coefficient (Wildman–Crippen LogP) is 2.35. The Hall–Kier alpha value is -1.99. The Balaban J connectivity index is 2.16. The molecule has 1 aromatic carbocycles. The van der Waals surface area contributed by atoms with E-state index < -0.39 is 4.92 Å². The molecule has 0 aliphatic carbocycles. The van der Waals surface area contributed by atoms with Gasteiger partial charge in [0.05, 0.1) is 15.3 Å². The summed E-state index contributed by atoms with van der Waals surface area (Å²) in [6.07, 6.45) is 1.69. The van der Waals surface area contributed by atoms with Crippen LogP contribution in [-0.2, 0) is 13.2 Å². The van der Waals surface area contributed by atoms with Crippen molar-refractivity contribution in [1.29, 1.82) is 0 Å². The number of nitrogens with one attached hydrogen (secondary N) is 1. The topological polar surface area (TPSA) is 77.3 Å². The Kier molecular flexibility index (Phi) is 4.43. The van der Waals surface area contributed by atoms with E-state index in [0.29, 0.717) is 6.54 Å². The summed E-state index contributed by atoms with van der Waals surface area (Å²) in [5.41, 5.74) is 2.53. The van der Waals surface area contributed by atoms with Gasteiger partial charge in [0.15, 0.2) is 5.75 Å². The minimum atomic E-state index is -0.429. The SMILES string of the molecule is CNCc1ccc(OCc2cncs2)c([N+](=O)[O-])c1. The van der Waals surface area contributed by atoms with Gasteiger partial charge < -0.3 is 10.1 Å². The van der Waals surface area contributed by atoms with Crippen molar-refractivity contribution in [3.8, 4) is 5.75 Å². The summed E-state index contributed by atoms with van der Waals surface area (Å²) in [6.45, 7) is 0.868. The van der Waals surface area contributed by atoms with Crippen molar-refractivity contribution >= 4 is 17.0 Å². The smallest absolute Gasteiger partial charge is 0.311 e. The minimum Gasteiger partial charge on any atom is -0.481 e. The summed E-state index contributed by atoms with van der Waals surface area (Å²) < 4.78 is 5.48. The van der Waals surface area contributed by atoms with Crippen molar-refractivity contribution in [2.75, 3.05) is 7.05 Å². The van der Waals surface area contributed by atoms with Crippen LogP contribution in [0, 0.1) is 10.1 Å². The third kappa shape index (κ3) is 3.49. The van der Waals surface area contributed by atoms with Crippen LogP contribution in [0.15, 0.2) is 29.9 Å². The average molecular weight is 279 g/mol. The van der Waals surface area contributed by atoms with Crippen LogP contribution in [0.1, 0.15) is 10.4 Å². The van der Waals surface area contributed by atoms with Gasteiger partial charge in [0, 0.05) is 18.8 Å². The first-order valence-corrected chi connectivity index (χ1v) is 6.50. The minimum absolute atomic E-state index is 0.0164. The van der Waals surface area contributed by atoms with E-state index in [1.54, 1.807) is 24.8 Å². The number of aromatic nitrogens is 1. The lowest BCUT2D eigenvalue weighted by molar-refractivity contribution is -0.386. The Labute approximate surface area is 114 Å². The Morgan fingerprint density at radius 2 is 2.37 bits per heavy atom. The summed E-state index contributed by atoms with van der Waals surface area (Å²) >= 11 is 1.45. The number of rotatable bonds is 6. The number of ether oxygens (including phenoxy) is 1. The van der Waals surface area contributed by atoms with Gasteiger partial charge in [-0.15, -0.1) is 11.3 Å².